The molecule has 0 saturated carbocycles. The minimum absolute atomic E-state index is 0.000945. The molecule has 0 fully saturated rings. The molecule has 1 aromatic heterocycles. The SMILES string of the molecule is Cc1ccc(NC(=O)[C@@H]([NH2+]CCc2c[nH]c3ccccc23)c2ccccc2)cc1. The number of aromatic amines is 1. The third-order valence-corrected chi connectivity index (χ3v) is 5.25. The van der Waals surface area contributed by atoms with Gasteiger partial charge in [-0.15, -0.1) is 0 Å². The van der Waals surface area contributed by atoms with Crippen LogP contribution in [0.4, 0.5) is 5.69 Å². The number of carbonyl (C=O) groups is 1. The highest BCUT2D eigenvalue weighted by Crippen LogP contribution is 2.18. The zero-order valence-corrected chi connectivity index (χ0v) is 16.6. The Hall–Kier alpha value is -3.37. The number of anilines is 1. The molecule has 0 radical (unpaired) electrons. The van der Waals surface area contributed by atoms with Gasteiger partial charge in [-0.05, 0) is 30.7 Å². The van der Waals surface area contributed by atoms with Crippen LogP contribution in [0.2, 0.25) is 0 Å². The Morgan fingerprint density at radius 3 is 2.48 bits per heavy atom. The highest BCUT2D eigenvalue weighted by atomic mass is 16.2. The van der Waals surface area contributed by atoms with Crippen molar-refractivity contribution in [3.8, 4) is 0 Å². The topological polar surface area (TPSA) is 61.5 Å². The largest absolute Gasteiger partial charge is 0.361 e. The summed E-state index contributed by atoms with van der Waals surface area (Å²) in [5.74, 6) is -0.000945. The lowest BCUT2D eigenvalue weighted by atomic mass is 10.0. The summed E-state index contributed by atoms with van der Waals surface area (Å²) in [6.45, 7) is 2.86. The fourth-order valence-electron chi connectivity index (χ4n) is 3.66. The second kappa shape index (κ2) is 8.76. The number of H-pyrrole nitrogens is 1. The summed E-state index contributed by atoms with van der Waals surface area (Å²) in [7, 11) is 0. The molecule has 3 aromatic carbocycles. The van der Waals surface area contributed by atoms with E-state index in [0.717, 1.165) is 29.7 Å². The Labute approximate surface area is 171 Å². The fourth-order valence-corrected chi connectivity index (χ4v) is 3.66. The van der Waals surface area contributed by atoms with Crippen molar-refractivity contribution in [1.29, 1.82) is 0 Å². The molecule has 4 heteroatoms. The molecule has 4 N–H and O–H groups in total. The number of amides is 1. The molecule has 1 heterocycles. The standard InChI is InChI=1S/C25H25N3O/c1-18-11-13-21(14-12-18)28-25(29)24(19-7-3-2-4-8-19)26-16-15-20-17-27-23-10-6-5-9-22(20)23/h2-14,17,24,26-27H,15-16H2,1H3,(H,28,29)/p+1/t24-/m0/s1. The number of nitrogens with one attached hydrogen (secondary N) is 2. The number of para-hydroxylation sites is 1. The summed E-state index contributed by atoms with van der Waals surface area (Å²) in [6, 6.07) is 25.9. The Bertz CT molecular complexity index is 1080. The van der Waals surface area contributed by atoms with Crippen LogP contribution in [0.1, 0.15) is 22.7 Å². The molecule has 146 valence electrons. The highest BCUT2D eigenvalue weighted by Gasteiger charge is 2.24. The third kappa shape index (κ3) is 4.55. The number of aromatic nitrogens is 1. The van der Waals surface area contributed by atoms with Gasteiger partial charge < -0.3 is 15.6 Å². The van der Waals surface area contributed by atoms with E-state index in [9.17, 15) is 4.79 Å². The van der Waals surface area contributed by atoms with Crippen LogP contribution in [0, 0.1) is 6.92 Å². The van der Waals surface area contributed by atoms with E-state index >= 15 is 0 Å². The van der Waals surface area contributed by atoms with Gasteiger partial charge in [-0.3, -0.25) is 4.79 Å². The predicted octanol–water partition coefficient (Wildman–Crippen LogP) is 3.96. The summed E-state index contributed by atoms with van der Waals surface area (Å²) in [4.78, 5) is 16.4. The Morgan fingerprint density at radius 2 is 1.69 bits per heavy atom. The van der Waals surface area contributed by atoms with Crippen molar-refractivity contribution >= 4 is 22.5 Å². The van der Waals surface area contributed by atoms with E-state index in [0.29, 0.717) is 0 Å². The van der Waals surface area contributed by atoms with Gasteiger partial charge >= 0.3 is 0 Å². The number of fused-ring (bicyclic) bond motifs is 1. The Balaban J connectivity index is 1.47. The first-order valence-electron chi connectivity index (χ1n) is 10.0. The molecule has 0 saturated heterocycles. The lowest BCUT2D eigenvalue weighted by Crippen LogP contribution is -2.87. The Kier molecular flexibility index (Phi) is 5.73. The summed E-state index contributed by atoms with van der Waals surface area (Å²) in [5.41, 5.74) is 5.44. The monoisotopic (exact) mass is 384 g/mol. The van der Waals surface area contributed by atoms with Crippen LogP contribution < -0.4 is 10.6 Å². The van der Waals surface area contributed by atoms with Gasteiger partial charge in [0.15, 0.2) is 6.04 Å². The van der Waals surface area contributed by atoms with Crippen LogP contribution in [0.5, 0.6) is 0 Å². The lowest BCUT2D eigenvalue weighted by molar-refractivity contribution is -0.682. The smallest absolute Gasteiger partial charge is 0.287 e. The number of aryl methyl sites for hydroxylation is 1. The first-order chi connectivity index (χ1) is 14.2. The molecular formula is C25H26N3O+. The number of nitrogens with two attached hydrogens (primary N) is 1. The van der Waals surface area contributed by atoms with Gasteiger partial charge in [0.2, 0.25) is 0 Å². The van der Waals surface area contributed by atoms with E-state index in [4.69, 9.17) is 0 Å². The molecule has 0 aliphatic heterocycles. The minimum Gasteiger partial charge on any atom is -0.361 e. The zero-order valence-electron chi connectivity index (χ0n) is 16.6. The van der Waals surface area contributed by atoms with Crippen molar-refractivity contribution in [3.05, 3.63) is 102 Å². The van der Waals surface area contributed by atoms with Crippen LogP contribution in [-0.4, -0.2) is 17.4 Å². The number of hydrogen-bond acceptors (Lipinski definition) is 1. The van der Waals surface area contributed by atoms with E-state index < -0.39 is 0 Å². The van der Waals surface area contributed by atoms with Crippen molar-refractivity contribution < 1.29 is 10.1 Å². The average molecular weight is 385 g/mol. The summed E-state index contributed by atoms with van der Waals surface area (Å²) in [5, 5.41) is 6.44. The normalized spacial score (nSPS) is 12.0. The van der Waals surface area contributed by atoms with Crippen molar-refractivity contribution in [3.63, 3.8) is 0 Å². The summed E-state index contributed by atoms with van der Waals surface area (Å²) in [6.07, 6.45) is 2.97. The maximum absolute atomic E-state index is 13.1. The highest BCUT2D eigenvalue weighted by molar-refractivity contribution is 5.94. The van der Waals surface area contributed by atoms with Gasteiger partial charge in [0, 0.05) is 34.8 Å². The molecule has 29 heavy (non-hydrogen) atoms. The maximum atomic E-state index is 13.1. The van der Waals surface area contributed by atoms with E-state index in [1.807, 2.05) is 67.6 Å². The van der Waals surface area contributed by atoms with Gasteiger partial charge in [-0.2, -0.15) is 0 Å². The van der Waals surface area contributed by atoms with Crippen LogP contribution in [-0.2, 0) is 11.2 Å². The molecule has 0 bridgehead atoms. The van der Waals surface area contributed by atoms with Crippen molar-refractivity contribution in [2.75, 3.05) is 11.9 Å². The van der Waals surface area contributed by atoms with Gasteiger partial charge in [0.1, 0.15) is 0 Å². The molecule has 0 spiro atoms. The molecule has 0 aliphatic carbocycles. The molecular weight excluding hydrogens is 358 g/mol. The first kappa shape index (κ1) is 19.0. The number of quaternary nitrogens is 1. The molecule has 4 nitrogen and oxygen atoms in total. The van der Waals surface area contributed by atoms with E-state index in [2.05, 4.69) is 40.0 Å². The quantitative estimate of drug-likeness (QED) is 0.444. The second-order valence-electron chi connectivity index (χ2n) is 7.38. The molecule has 4 rings (SSSR count). The molecule has 4 aromatic rings. The zero-order chi connectivity index (χ0) is 20.1. The van der Waals surface area contributed by atoms with Crippen molar-refractivity contribution in [2.45, 2.75) is 19.4 Å². The predicted molar refractivity (Wildman–Crippen MR) is 118 cm³/mol. The maximum Gasteiger partial charge on any atom is 0.287 e. The number of carbonyl (C=O) groups excluding carboxylic acids is 1. The lowest BCUT2D eigenvalue weighted by Gasteiger charge is -2.16. The minimum atomic E-state index is -0.289. The number of benzene rings is 3. The number of rotatable bonds is 7. The summed E-state index contributed by atoms with van der Waals surface area (Å²) >= 11 is 0. The van der Waals surface area contributed by atoms with Gasteiger partial charge in [-0.25, -0.2) is 0 Å². The van der Waals surface area contributed by atoms with Crippen LogP contribution in [0.25, 0.3) is 10.9 Å². The molecule has 0 unspecified atom stereocenters. The summed E-state index contributed by atoms with van der Waals surface area (Å²) < 4.78 is 0. The second-order valence-corrected chi connectivity index (χ2v) is 7.38. The van der Waals surface area contributed by atoms with Gasteiger partial charge in [0.05, 0.1) is 6.54 Å². The first-order valence-corrected chi connectivity index (χ1v) is 10.0. The van der Waals surface area contributed by atoms with Gasteiger partial charge in [-0.1, -0.05) is 66.2 Å². The van der Waals surface area contributed by atoms with Crippen molar-refractivity contribution in [1.82, 2.24) is 4.98 Å². The number of hydrogen-bond donors (Lipinski definition) is 3. The fraction of sp³-hybridized carbons (Fsp3) is 0.160. The Morgan fingerprint density at radius 1 is 0.966 bits per heavy atom. The van der Waals surface area contributed by atoms with Gasteiger partial charge in [0.25, 0.3) is 5.91 Å². The van der Waals surface area contributed by atoms with Crippen LogP contribution in [0.3, 0.4) is 0 Å². The van der Waals surface area contributed by atoms with Crippen LogP contribution >= 0.6 is 0 Å². The van der Waals surface area contributed by atoms with E-state index in [-0.39, 0.29) is 11.9 Å². The average Bonchev–Trinajstić information content (AvgIpc) is 3.16. The van der Waals surface area contributed by atoms with E-state index in [1.54, 1.807) is 0 Å². The molecule has 1 amide bonds. The van der Waals surface area contributed by atoms with Crippen LogP contribution in [0.15, 0.2) is 85.1 Å². The van der Waals surface area contributed by atoms with E-state index in [1.165, 1.54) is 16.5 Å². The molecule has 0 aliphatic rings. The van der Waals surface area contributed by atoms with Crippen molar-refractivity contribution in [2.24, 2.45) is 0 Å². The molecule has 1 atom stereocenters. The third-order valence-electron chi connectivity index (χ3n) is 5.25.